The Labute approximate surface area is 180 Å². The number of nitrogens with zero attached hydrogens (tertiary/aromatic N) is 3. The number of hydrogen-bond donors (Lipinski definition) is 1. The Morgan fingerprint density at radius 1 is 1.06 bits per heavy atom. The van der Waals surface area contributed by atoms with Crippen molar-refractivity contribution in [1.82, 2.24) is 15.1 Å². The molecule has 0 spiro atoms. The van der Waals surface area contributed by atoms with Crippen molar-refractivity contribution in [1.29, 1.82) is 0 Å². The summed E-state index contributed by atoms with van der Waals surface area (Å²) < 4.78 is 1.38. The van der Waals surface area contributed by atoms with Crippen LogP contribution in [-0.4, -0.2) is 28.1 Å². The van der Waals surface area contributed by atoms with Gasteiger partial charge < -0.3 is 10.2 Å². The lowest BCUT2D eigenvalue weighted by atomic mass is 10.1. The Hall–Kier alpha value is -3.48. The molecule has 2 amide bonds. The third-order valence-corrected chi connectivity index (χ3v) is 5.40. The molecule has 1 aliphatic rings. The largest absolute Gasteiger partial charge is 0.347 e. The molecule has 7 heteroatoms. The van der Waals surface area contributed by atoms with Crippen molar-refractivity contribution in [2.24, 2.45) is 5.92 Å². The van der Waals surface area contributed by atoms with E-state index in [1.54, 1.807) is 29.2 Å². The van der Waals surface area contributed by atoms with Crippen molar-refractivity contribution >= 4 is 28.3 Å². The van der Waals surface area contributed by atoms with Gasteiger partial charge >= 0.3 is 0 Å². The lowest BCUT2D eigenvalue weighted by Crippen LogP contribution is -2.31. The van der Waals surface area contributed by atoms with E-state index in [0.29, 0.717) is 30.3 Å². The first-order valence-corrected chi connectivity index (χ1v) is 10.6. The van der Waals surface area contributed by atoms with Crippen LogP contribution >= 0.6 is 0 Å². The Bertz CT molecular complexity index is 1180. The minimum atomic E-state index is -0.326. The number of rotatable bonds is 6. The van der Waals surface area contributed by atoms with E-state index >= 15 is 0 Å². The fourth-order valence-corrected chi connectivity index (χ4v) is 3.85. The minimum Gasteiger partial charge on any atom is -0.347 e. The molecule has 0 radical (unpaired) electrons. The number of carbonyl (C=O) groups excluding carboxylic acids is 2. The normalized spacial score (nSPS) is 13.9. The van der Waals surface area contributed by atoms with Crippen LogP contribution in [0.3, 0.4) is 0 Å². The van der Waals surface area contributed by atoms with Gasteiger partial charge in [0.1, 0.15) is 0 Å². The number of benzene rings is 2. The van der Waals surface area contributed by atoms with Crippen LogP contribution in [0.25, 0.3) is 10.8 Å². The second-order valence-electron chi connectivity index (χ2n) is 8.27. The quantitative estimate of drug-likeness (QED) is 0.667. The van der Waals surface area contributed by atoms with Crippen molar-refractivity contribution in [3.8, 4) is 0 Å². The van der Waals surface area contributed by atoms with Crippen molar-refractivity contribution in [3.63, 3.8) is 0 Å². The van der Waals surface area contributed by atoms with Crippen molar-refractivity contribution in [2.75, 3.05) is 11.4 Å². The number of aromatic nitrogens is 2. The first-order chi connectivity index (χ1) is 14.9. The topological polar surface area (TPSA) is 84.3 Å². The lowest BCUT2D eigenvalue weighted by molar-refractivity contribution is -0.117. The van der Waals surface area contributed by atoms with Gasteiger partial charge in [-0.2, -0.15) is 5.10 Å². The third-order valence-electron chi connectivity index (χ3n) is 5.40. The summed E-state index contributed by atoms with van der Waals surface area (Å²) in [6, 6.07) is 14.7. The Morgan fingerprint density at radius 2 is 1.77 bits per heavy atom. The van der Waals surface area contributed by atoms with Gasteiger partial charge in [-0.3, -0.25) is 14.4 Å². The predicted octanol–water partition coefficient (Wildman–Crippen LogP) is 3.11. The molecule has 0 atom stereocenters. The lowest BCUT2D eigenvalue weighted by Gasteiger charge is -2.16. The molecule has 0 unspecified atom stereocenters. The van der Waals surface area contributed by atoms with Gasteiger partial charge in [0.15, 0.2) is 5.69 Å². The minimum absolute atomic E-state index is 0.149. The number of nitrogens with one attached hydrogen (secondary N) is 1. The highest BCUT2D eigenvalue weighted by Gasteiger charge is 2.21. The second kappa shape index (κ2) is 8.71. The summed E-state index contributed by atoms with van der Waals surface area (Å²) in [5.41, 5.74) is 1.86. The molecule has 2 aromatic carbocycles. The van der Waals surface area contributed by atoms with E-state index in [1.165, 1.54) is 4.68 Å². The number of hydrogen-bond acceptors (Lipinski definition) is 4. The van der Waals surface area contributed by atoms with Gasteiger partial charge in [-0.25, -0.2) is 4.68 Å². The van der Waals surface area contributed by atoms with E-state index in [4.69, 9.17) is 0 Å². The highest BCUT2D eigenvalue weighted by Crippen LogP contribution is 2.21. The smallest absolute Gasteiger partial charge is 0.274 e. The van der Waals surface area contributed by atoms with Crippen LogP contribution < -0.4 is 15.8 Å². The van der Waals surface area contributed by atoms with E-state index in [-0.39, 0.29) is 29.0 Å². The molecular weight excluding hydrogens is 392 g/mol. The van der Waals surface area contributed by atoms with Gasteiger partial charge in [0.25, 0.3) is 11.5 Å². The molecule has 7 nitrogen and oxygen atoms in total. The second-order valence-corrected chi connectivity index (χ2v) is 8.27. The maximum absolute atomic E-state index is 13.0. The monoisotopic (exact) mass is 418 g/mol. The van der Waals surface area contributed by atoms with Gasteiger partial charge in [-0.15, -0.1) is 0 Å². The van der Waals surface area contributed by atoms with Crippen molar-refractivity contribution < 1.29 is 9.59 Å². The number of amides is 2. The van der Waals surface area contributed by atoms with Gasteiger partial charge in [-0.1, -0.05) is 44.2 Å². The van der Waals surface area contributed by atoms with Gasteiger partial charge in [0.2, 0.25) is 5.91 Å². The first-order valence-electron chi connectivity index (χ1n) is 10.6. The molecule has 0 aliphatic carbocycles. The van der Waals surface area contributed by atoms with Crippen LogP contribution in [0.15, 0.2) is 53.3 Å². The van der Waals surface area contributed by atoms with Crippen LogP contribution in [0.2, 0.25) is 0 Å². The zero-order valence-corrected chi connectivity index (χ0v) is 17.8. The predicted molar refractivity (Wildman–Crippen MR) is 120 cm³/mol. The maximum atomic E-state index is 13.0. The van der Waals surface area contributed by atoms with E-state index in [0.717, 1.165) is 24.2 Å². The Morgan fingerprint density at radius 3 is 2.42 bits per heavy atom. The van der Waals surface area contributed by atoms with Crippen LogP contribution in [0.1, 0.15) is 42.7 Å². The van der Waals surface area contributed by atoms with Crippen molar-refractivity contribution in [2.45, 2.75) is 39.8 Å². The third kappa shape index (κ3) is 4.35. The van der Waals surface area contributed by atoms with Gasteiger partial charge in [0.05, 0.1) is 5.39 Å². The highest BCUT2D eigenvalue weighted by atomic mass is 16.2. The average Bonchev–Trinajstić information content (AvgIpc) is 3.20. The summed E-state index contributed by atoms with van der Waals surface area (Å²) in [7, 11) is 0. The molecule has 1 aromatic heterocycles. The zero-order chi connectivity index (χ0) is 22.0. The van der Waals surface area contributed by atoms with E-state index < -0.39 is 0 Å². The summed E-state index contributed by atoms with van der Waals surface area (Å²) >= 11 is 0. The fraction of sp³-hybridized carbons (Fsp3) is 0.333. The molecule has 1 fully saturated rings. The SMILES string of the molecule is CC(C)Cn1nc(C(=O)NCc2ccc(N3CCCC3=O)cc2)c2ccccc2c1=O. The summed E-state index contributed by atoms with van der Waals surface area (Å²) in [5.74, 6) is 0.0475. The van der Waals surface area contributed by atoms with Gasteiger partial charge in [-0.05, 0) is 36.1 Å². The summed E-state index contributed by atoms with van der Waals surface area (Å²) in [5, 5.41) is 8.32. The summed E-state index contributed by atoms with van der Waals surface area (Å²) in [4.78, 5) is 39.4. The average molecular weight is 418 g/mol. The fourth-order valence-electron chi connectivity index (χ4n) is 3.85. The molecule has 0 bridgehead atoms. The zero-order valence-electron chi connectivity index (χ0n) is 17.8. The number of carbonyl (C=O) groups is 2. The van der Waals surface area contributed by atoms with Gasteiger partial charge in [0, 0.05) is 37.1 Å². The summed E-state index contributed by atoms with van der Waals surface area (Å²) in [6.07, 6.45) is 1.48. The Kier molecular flexibility index (Phi) is 5.84. The van der Waals surface area contributed by atoms with Crippen LogP contribution in [0, 0.1) is 5.92 Å². The molecule has 2 heterocycles. The first kappa shape index (κ1) is 20.8. The van der Waals surface area contributed by atoms with Crippen LogP contribution in [-0.2, 0) is 17.9 Å². The molecule has 160 valence electrons. The molecule has 1 N–H and O–H groups in total. The molecule has 31 heavy (non-hydrogen) atoms. The standard InChI is InChI=1S/C24H26N4O3/c1-16(2)15-28-24(31)20-7-4-3-6-19(20)22(26-28)23(30)25-14-17-9-11-18(12-10-17)27-13-5-8-21(27)29/h3-4,6-7,9-12,16H,5,8,13-15H2,1-2H3,(H,25,30). The molecular formula is C24H26N4O3. The highest BCUT2D eigenvalue weighted by molar-refractivity contribution is 6.04. The molecule has 0 saturated carbocycles. The van der Waals surface area contributed by atoms with E-state index in [1.807, 2.05) is 38.1 Å². The summed E-state index contributed by atoms with van der Waals surface area (Å²) in [6.45, 7) is 5.53. The van der Waals surface area contributed by atoms with Crippen LogP contribution in [0.5, 0.6) is 0 Å². The van der Waals surface area contributed by atoms with Crippen molar-refractivity contribution in [3.05, 3.63) is 70.1 Å². The van der Waals surface area contributed by atoms with E-state index in [2.05, 4.69) is 10.4 Å². The molecule has 4 rings (SSSR count). The molecule has 1 aliphatic heterocycles. The molecule has 3 aromatic rings. The maximum Gasteiger partial charge on any atom is 0.274 e. The number of fused-ring (bicyclic) bond motifs is 1. The van der Waals surface area contributed by atoms with E-state index in [9.17, 15) is 14.4 Å². The van der Waals surface area contributed by atoms with Crippen LogP contribution in [0.4, 0.5) is 5.69 Å². The number of anilines is 1. The molecule has 1 saturated heterocycles. The Balaban J connectivity index is 1.54.